The third-order valence-corrected chi connectivity index (χ3v) is 3.34. The second kappa shape index (κ2) is 6.09. The normalized spacial score (nSPS) is 11.0. The number of fused-ring (bicyclic) bond motifs is 1. The summed E-state index contributed by atoms with van der Waals surface area (Å²) < 4.78 is 0. The molecule has 5 heteroatoms. The Morgan fingerprint density at radius 2 is 2.10 bits per heavy atom. The molecule has 20 heavy (non-hydrogen) atoms. The molecule has 0 bridgehead atoms. The molecule has 1 aromatic heterocycles. The molecule has 0 unspecified atom stereocenters. The van der Waals surface area contributed by atoms with Gasteiger partial charge in [-0.15, -0.1) is 0 Å². The number of halogens is 1. The Hall–Kier alpha value is -1.81. The molecule has 106 valence electrons. The fourth-order valence-electron chi connectivity index (χ4n) is 1.96. The van der Waals surface area contributed by atoms with E-state index in [2.05, 4.69) is 24.1 Å². The Balaban J connectivity index is 2.13. The number of hydrogen-bond donors (Lipinski definition) is 2. The Kier molecular flexibility index (Phi) is 4.45. The highest BCUT2D eigenvalue weighted by molar-refractivity contribution is 6.45. The number of aromatic amines is 1. The summed E-state index contributed by atoms with van der Waals surface area (Å²) >= 11 is 5.88. The van der Waals surface area contributed by atoms with Gasteiger partial charge in [-0.3, -0.25) is 9.59 Å². The molecule has 0 saturated carbocycles. The predicted octanol–water partition coefficient (Wildman–Crippen LogP) is 3.17. The summed E-state index contributed by atoms with van der Waals surface area (Å²) in [5.74, 6) is -0.607. The lowest BCUT2D eigenvalue weighted by Crippen LogP contribution is -2.32. The van der Waals surface area contributed by atoms with Crippen molar-refractivity contribution >= 4 is 34.2 Å². The maximum atomic E-state index is 12.1. The van der Waals surface area contributed by atoms with E-state index < -0.39 is 11.7 Å². The van der Waals surface area contributed by atoms with Crippen molar-refractivity contribution in [1.29, 1.82) is 0 Å². The molecular formula is C15H17ClN2O2. The third kappa shape index (κ3) is 3.20. The van der Waals surface area contributed by atoms with E-state index in [-0.39, 0.29) is 0 Å². The van der Waals surface area contributed by atoms with Gasteiger partial charge in [0.05, 0.1) is 5.56 Å². The highest BCUT2D eigenvalue weighted by Gasteiger charge is 2.19. The van der Waals surface area contributed by atoms with Crippen LogP contribution < -0.4 is 5.32 Å². The van der Waals surface area contributed by atoms with Crippen molar-refractivity contribution in [3.8, 4) is 0 Å². The van der Waals surface area contributed by atoms with Crippen LogP contribution in [0.5, 0.6) is 0 Å². The van der Waals surface area contributed by atoms with Gasteiger partial charge < -0.3 is 10.3 Å². The molecule has 2 N–H and O–H groups in total. The summed E-state index contributed by atoms with van der Waals surface area (Å²) in [6.45, 7) is 4.64. The summed E-state index contributed by atoms with van der Waals surface area (Å²) in [7, 11) is 0. The first-order chi connectivity index (χ1) is 9.49. The Morgan fingerprint density at radius 3 is 2.80 bits per heavy atom. The lowest BCUT2D eigenvalue weighted by atomic mass is 10.1. The van der Waals surface area contributed by atoms with Gasteiger partial charge in [0.1, 0.15) is 0 Å². The number of rotatable bonds is 5. The number of nitrogens with one attached hydrogen (secondary N) is 2. The first-order valence-corrected chi connectivity index (χ1v) is 6.96. The molecule has 0 aliphatic rings. The lowest BCUT2D eigenvalue weighted by molar-refractivity contribution is -0.117. The quantitative estimate of drug-likeness (QED) is 0.657. The van der Waals surface area contributed by atoms with Crippen LogP contribution in [-0.2, 0) is 4.79 Å². The van der Waals surface area contributed by atoms with Crippen molar-refractivity contribution in [2.75, 3.05) is 6.54 Å². The molecule has 2 rings (SSSR count). The van der Waals surface area contributed by atoms with Crippen LogP contribution in [0.15, 0.2) is 24.4 Å². The zero-order valence-corrected chi connectivity index (χ0v) is 12.3. The van der Waals surface area contributed by atoms with Gasteiger partial charge in [-0.25, -0.2) is 0 Å². The SMILES string of the molecule is CC(C)CCNC(=O)C(=O)c1c[nH]c2cc(Cl)ccc12. The van der Waals surface area contributed by atoms with Crippen molar-refractivity contribution in [2.24, 2.45) is 5.92 Å². The Labute approximate surface area is 122 Å². The minimum atomic E-state index is -0.568. The number of Topliss-reactive ketones (excluding diaryl/α,β-unsaturated/α-hetero) is 1. The van der Waals surface area contributed by atoms with E-state index in [1.54, 1.807) is 24.4 Å². The summed E-state index contributed by atoms with van der Waals surface area (Å²) in [6.07, 6.45) is 2.40. The van der Waals surface area contributed by atoms with E-state index in [0.29, 0.717) is 28.4 Å². The predicted molar refractivity (Wildman–Crippen MR) is 80.1 cm³/mol. The van der Waals surface area contributed by atoms with Crippen LogP contribution in [-0.4, -0.2) is 23.2 Å². The molecule has 2 aromatic rings. The van der Waals surface area contributed by atoms with E-state index in [1.165, 1.54) is 0 Å². The van der Waals surface area contributed by atoms with E-state index in [1.807, 2.05) is 0 Å². The second-order valence-electron chi connectivity index (χ2n) is 5.16. The van der Waals surface area contributed by atoms with Gasteiger partial charge in [0.15, 0.2) is 0 Å². The second-order valence-corrected chi connectivity index (χ2v) is 5.60. The van der Waals surface area contributed by atoms with Gasteiger partial charge in [-0.1, -0.05) is 31.5 Å². The van der Waals surface area contributed by atoms with Gasteiger partial charge >= 0.3 is 0 Å². The standard InChI is InChI=1S/C15H17ClN2O2/c1-9(2)5-6-17-15(20)14(19)12-8-18-13-7-10(16)3-4-11(12)13/h3-4,7-9,18H,5-6H2,1-2H3,(H,17,20). The minimum Gasteiger partial charge on any atom is -0.360 e. The van der Waals surface area contributed by atoms with Crippen LogP contribution in [0.2, 0.25) is 5.02 Å². The topological polar surface area (TPSA) is 62.0 Å². The largest absolute Gasteiger partial charge is 0.360 e. The number of carbonyl (C=O) groups is 2. The minimum absolute atomic E-state index is 0.374. The van der Waals surface area contributed by atoms with Gasteiger partial charge in [-0.05, 0) is 24.5 Å². The molecule has 0 atom stereocenters. The van der Waals surface area contributed by atoms with Gasteiger partial charge in [0.25, 0.3) is 11.7 Å². The fourth-order valence-corrected chi connectivity index (χ4v) is 2.14. The molecular weight excluding hydrogens is 276 g/mol. The summed E-state index contributed by atoms with van der Waals surface area (Å²) in [6, 6.07) is 5.16. The number of benzene rings is 1. The summed E-state index contributed by atoms with van der Waals surface area (Å²) in [4.78, 5) is 26.9. The molecule has 0 saturated heterocycles. The molecule has 0 aliphatic carbocycles. The zero-order valence-electron chi connectivity index (χ0n) is 11.5. The monoisotopic (exact) mass is 292 g/mol. The maximum absolute atomic E-state index is 12.1. The molecule has 1 amide bonds. The van der Waals surface area contributed by atoms with Crippen molar-refractivity contribution in [2.45, 2.75) is 20.3 Å². The Morgan fingerprint density at radius 1 is 1.35 bits per heavy atom. The average Bonchev–Trinajstić information content (AvgIpc) is 2.80. The van der Waals surface area contributed by atoms with Crippen LogP contribution in [0.1, 0.15) is 30.6 Å². The molecule has 0 aliphatic heterocycles. The molecule has 1 aromatic carbocycles. The molecule has 0 fully saturated rings. The fraction of sp³-hybridized carbons (Fsp3) is 0.333. The Bertz CT molecular complexity index is 646. The highest BCUT2D eigenvalue weighted by Crippen LogP contribution is 2.22. The molecule has 1 heterocycles. The smallest absolute Gasteiger partial charge is 0.292 e. The lowest BCUT2D eigenvalue weighted by Gasteiger charge is -2.06. The number of aromatic nitrogens is 1. The number of hydrogen-bond acceptors (Lipinski definition) is 2. The van der Waals surface area contributed by atoms with Crippen molar-refractivity contribution < 1.29 is 9.59 Å². The maximum Gasteiger partial charge on any atom is 0.292 e. The third-order valence-electron chi connectivity index (χ3n) is 3.10. The van der Waals surface area contributed by atoms with Crippen molar-refractivity contribution in [1.82, 2.24) is 10.3 Å². The molecule has 0 radical (unpaired) electrons. The number of carbonyl (C=O) groups excluding carboxylic acids is 2. The first-order valence-electron chi connectivity index (χ1n) is 6.58. The summed E-state index contributed by atoms with van der Waals surface area (Å²) in [5, 5.41) is 3.94. The van der Waals surface area contributed by atoms with Crippen molar-refractivity contribution in [3.05, 3.63) is 35.0 Å². The molecule has 0 spiro atoms. The van der Waals surface area contributed by atoms with E-state index in [9.17, 15) is 9.59 Å². The average molecular weight is 293 g/mol. The van der Waals surface area contributed by atoms with E-state index >= 15 is 0 Å². The first kappa shape index (κ1) is 14.6. The van der Waals surface area contributed by atoms with Crippen LogP contribution in [0.4, 0.5) is 0 Å². The molecule has 4 nitrogen and oxygen atoms in total. The van der Waals surface area contributed by atoms with Gasteiger partial charge in [-0.2, -0.15) is 0 Å². The van der Waals surface area contributed by atoms with Gasteiger partial charge in [0, 0.05) is 28.7 Å². The van der Waals surface area contributed by atoms with Crippen molar-refractivity contribution in [3.63, 3.8) is 0 Å². The van der Waals surface area contributed by atoms with Crippen LogP contribution in [0.3, 0.4) is 0 Å². The van der Waals surface area contributed by atoms with E-state index in [0.717, 1.165) is 11.9 Å². The summed E-state index contributed by atoms with van der Waals surface area (Å²) in [5.41, 5.74) is 1.12. The number of amides is 1. The van der Waals surface area contributed by atoms with E-state index in [4.69, 9.17) is 11.6 Å². The zero-order chi connectivity index (χ0) is 14.7. The van der Waals surface area contributed by atoms with Crippen LogP contribution >= 0.6 is 11.6 Å². The highest BCUT2D eigenvalue weighted by atomic mass is 35.5. The van der Waals surface area contributed by atoms with Crippen LogP contribution in [0, 0.1) is 5.92 Å². The number of ketones is 1. The number of H-pyrrole nitrogens is 1. The van der Waals surface area contributed by atoms with Crippen LogP contribution in [0.25, 0.3) is 10.9 Å². The van der Waals surface area contributed by atoms with Gasteiger partial charge in [0.2, 0.25) is 0 Å².